The number of sulfonamides is 1. The Bertz CT molecular complexity index is 880. The molecular weight excluding hydrogens is 402 g/mol. The molecule has 1 atom stereocenters. The summed E-state index contributed by atoms with van der Waals surface area (Å²) >= 11 is 6.27. The van der Waals surface area contributed by atoms with Crippen molar-refractivity contribution in [3.05, 3.63) is 58.9 Å². The second kappa shape index (κ2) is 8.54. The number of hydrogen-bond acceptors (Lipinski definition) is 4. The molecule has 1 heterocycles. The molecule has 1 unspecified atom stereocenters. The van der Waals surface area contributed by atoms with Crippen LogP contribution in [0.4, 0.5) is 4.39 Å². The average molecular weight is 421 g/mol. The van der Waals surface area contributed by atoms with E-state index in [-0.39, 0.29) is 29.6 Å². The molecule has 0 radical (unpaired) electrons. The summed E-state index contributed by atoms with van der Waals surface area (Å²) < 4.78 is 46.2. The number of benzene rings is 2. The second-order valence-corrected chi connectivity index (χ2v) is 7.95. The molecule has 0 spiro atoms. The van der Waals surface area contributed by atoms with Crippen LogP contribution in [0.1, 0.15) is 11.6 Å². The summed E-state index contributed by atoms with van der Waals surface area (Å²) in [6.45, 7) is 1.26. The van der Waals surface area contributed by atoms with Crippen molar-refractivity contribution in [2.45, 2.75) is 10.9 Å². The molecule has 26 heavy (non-hydrogen) atoms. The molecule has 0 aromatic heterocycles. The quantitative estimate of drug-likeness (QED) is 0.824. The van der Waals surface area contributed by atoms with E-state index in [0.29, 0.717) is 18.1 Å². The molecule has 1 aliphatic rings. The standard InChI is InChI=1S/C17H18ClFN2O3S.ClH/c1-24-17-10-12(6-7-15(17)19)25(22,23)21-9-8-20-11-16(21)13-4-2-3-5-14(13)18;/h2-7,10,16,20H,8-9,11H2,1H3;1H. The maximum Gasteiger partial charge on any atom is 0.243 e. The first-order valence-corrected chi connectivity index (χ1v) is 9.57. The first kappa shape index (κ1) is 20.9. The van der Waals surface area contributed by atoms with Crippen molar-refractivity contribution in [2.24, 2.45) is 0 Å². The summed E-state index contributed by atoms with van der Waals surface area (Å²) in [5.74, 6) is -0.713. The van der Waals surface area contributed by atoms with E-state index in [1.54, 1.807) is 12.1 Å². The molecular formula is C17H19Cl2FN2O3S. The van der Waals surface area contributed by atoms with E-state index in [0.717, 1.165) is 11.6 Å². The molecule has 0 bridgehead atoms. The zero-order valence-corrected chi connectivity index (χ0v) is 16.4. The van der Waals surface area contributed by atoms with Crippen molar-refractivity contribution in [1.29, 1.82) is 0 Å². The van der Waals surface area contributed by atoms with Crippen molar-refractivity contribution in [2.75, 3.05) is 26.7 Å². The number of nitrogens with one attached hydrogen (secondary N) is 1. The normalized spacial score (nSPS) is 18.2. The predicted octanol–water partition coefficient (Wildman–Crippen LogP) is 3.24. The summed E-state index contributed by atoms with van der Waals surface area (Å²) in [6, 6.07) is 10.3. The van der Waals surface area contributed by atoms with Gasteiger partial charge in [0.2, 0.25) is 10.0 Å². The van der Waals surface area contributed by atoms with Crippen LogP contribution >= 0.6 is 24.0 Å². The van der Waals surface area contributed by atoms with Gasteiger partial charge >= 0.3 is 0 Å². The van der Waals surface area contributed by atoms with Gasteiger partial charge in [-0.3, -0.25) is 0 Å². The third-order valence-corrected chi connectivity index (χ3v) is 6.44. The van der Waals surface area contributed by atoms with Crippen molar-refractivity contribution in [1.82, 2.24) is 9.62 Å². The molecule has 142 valence electrons. The minimum Gasteiger partial charge on any atom is -0.494 e. The maximum absolute atomic E-state index is 13.6. The van der Waals surface area contributed by atoms with Crippen LogP contribution in [0, 0.1) is 5.82 Å². The third-order valence-electron chi connectivity index (χ3n) is 4.19. The first-order valence-electron chi connectivity index (χ1n) is 7.75. The van der Waals surface area contributed by atoms with E-state index in [2.05, 4.69) is 5.32 Å². The van der Waals surface area contributed by atoms with Crippen LogP contribution < -0.4 is 10.1 Å². The Kier molecular flexibility index (Phi) is 6.87. The van der Waals surface area contributed by atoms with Crippen LogP contribution in [-0.2, 0) is 10.0 Å². The highest BCUT2D eigenvalue weighted by Crippen LogP contribution is 2.33. The number of piperazine rings is 1. The predicted molar refractivity (Wildman–Crippen MR) is 101 cm³/mol. The molecule has 3 rings (SSSR count). The third kappa shape index (κ3) is 3.97. The van der Waals surface area contributed by atoms with Crippen molar-refractivity contribution in [3.8, 4) is 5.75 Å². The number of ether oxygens (including phenoxy) is 1. The first-order chi connectivity index (χ1) is 11.9. The number of rotatable bonds is 4. The summed E-state index contributed by atoms with van der Waals surface area (Å²) in [4.78, 5) is -0.00953. The highest BCUT2D eigenvalue weighted by atomic mass is 35.5. The SMILES string of the molecule is COc1cc(S(=O)(=O)N2CCNCC2c2ccccc2Cl)ccc1F.Cl. The lowest BCUT2D eigenvalue weighted by atomic mass is 10.1. The number of hydrogen-bond donors (Lipinski definition) is 1. The van der Waals surface area contributed by atoms with Crippen LogP contribution in [-0.4, -0.2) is 39.5 Å². The van der Waals surface area contributed by atoms with Gasteiger partial charge in [0.1, 0.15) is 0 Å². The topological polar surface area (TPSA) is 58.6 Å². The smallest absolute Gasteiger partial charge is 0.243 e. The van der Waals surface area contributed by atoms with Crippen molar-refractivity contribution in [3.63, 3.8) is 0 Å². The molecule has 5 nitrogen and oxygen atoms in total. The minimum atomic E-state index is -3.84. The van der Waals surface area contributed by atoms with Gasteiger partial charge in [-0.25, -0.2) is 12.8 Å². The molecule has 2 aromatic carbocycles. The molecule has 9 heteroatoms. The fraction of sp³-hybridized carbons (Fsp3) is 0.294. The molecule has 0 saturated carbocycles. The Hall–Kier alpha value is -1.38. The molecule has 1 saturated heterocycles. The average Bonchev–Trinajstić information content (AvgIpc) is 2.62. The Labute approximate surface area is 163 Å². The van der Waals surface area contributed by atoms with Crippen LogP contribution in [0.15, 0.2) is 47.4 Å². The highest BCUT2D eigenvalue weighted by Gasteiger charge is 2.35. The number of methoxy groups -OCH3 is 1. The Morgan fingerprint density at radius 3 is 2.69 bits per heavy atom. The minimum absolute atomic E-state index is 0. The van der Waals surface area contributed by atoms with Gasteiger partial charge in [0, 0.05) is 30.7 Å². The Morgan fingerprint density at radius 2 is 2.00 bits per heavy atom. The van der Waals surface area contributed by atoms with Crippen molar-refractivity contribution < 1.29 is 17.5 Å². The zero-order chi connectivity index (χ0) is 18.0. The maximum atomic E-state index is 13.6. The lowest BCUT2D eigenvalue weighted by molar-refractivity contribution is 0.271. The summed E-state index contributed by atoms with van der Waals surface area (Å²) in [5.41, 5.74) is 0.731. The monoisotopic (exact) mass is 420 g/mol. The summed E-state index contributed by atoms with van der Waals surface area (Å²) in [5, 5.41) is 3.70. The summed E-state index contributed by atoms with van der Waals surface area (Å²) in [7, 11) is -2.54. The zero-order valence-electron chi connectivity index (χ0n) is 14.0. The van der Waals surface area contributed by atoms with E-state index in [1.807, 2.05) is 12.1 Å². The Morgan fingerprint density at radius 1 is 1.27 bits per heavy atom. The van der Waals surface area contributed by atoms with Crippen molar-refractivity contribution >= 4 is 34.0 Å². The van der Waals surface area contributed by atoms with Crippen LogP contribution in [0.3, 0.4) is 0 Å². The van der Waals surface area contributed by atoms with E-state index < -0.39 is 21.9 Å². The summed E-state index contributed by atoms with van der Waals surface area (Å²) in [6.07, 6.45) is 0. The van der Waals surface area contributed by atoms with Gasteiger partial charge < -0.3 is 10.1 Å². The van der Waals surface area contributed by atoms with E-state index in [9.17, 15) is 12.8 Å². The lowest BCUT2D eigenvalue weighted by Gasteiger charge is -2.35. The fourth-order valence-corrected chi connectivity index (χ4v) is 4.80. The number of nitrogens with zero attached hydrogens (tertiary/aromatic N) is 1. The molecule has 1 N–H and O–H groups in total. The van der Waals surface area contributed by atoms with Gasteiger partial charge in [-0.2, -0.15) is 4.31 Å². The molecule has 2 aromatic rings. The highest BCUT2D eigenvalue weighted by molar-refractivity contribution is 7.89. The molecule has 1 aliphatic heterocycles. The van der Waals surface area contributed by atoms with Crippen LogP contribution in [0.25, 0.3) is 0 Å². The van der Waals surface area contributed by atoms with Gasteiger partial charge in [0.05, 0.1) is 18.0 Å². The Balaban J connectivity index is 0.00000243. The van der Waals surface area contributed by atoms with Crippen LogP contribution in [0.2, 0.25) is 5.02 Å². The van der Waals surface area contributed by atoms with Gasteiger partial charge in [-0.15, -0.1) is 12.4 Å². The molecule has 0 amide bonds. The van der Waals surface area contributed by atoms with Crippen LogP contribution in [0.5, 0.6) is 5.75 Å². The fourth-order valence-electron chi connectivity index (χ4n) is 2.92. The molecule has 1 fully saturated rings. The number of halogens is 3. The molecule has 0 aliphatic carbocycles. The van der Waals surface area contributed by atoms with E-state index >= 15 is 0 Å². The van der Waals surface area contributed by atoms with Gasteiger partial charge in [0.15, 0.2) is 11.6 Å². The van der Waals surface area contributed by atoms with Gasteiger partial charge in [0.25, 0.3) is 0 Å². The van der Waals surface area contributed by atoms with E-state index in [1.165, 1.54) is 23.5 Å². The second-order valence-electron chi connectivity index (χ2n) is 5.65. The largest absolute Gasteiger partial charge is 0.494 e. The van der Waals surface area contributed by atoms with Gasteiger partial charge in [-0.1, -0.05) is 29.8 Å². The lowest BCUT2D eigenvalue weighted by Crippen LogP contribution is -2.48. The van der Waals surface area contributed by atoms with Gasteiger partial charge in [-0.05, 0) is 23.8 Å². The van der Waals surface area contributed by atoms with E-state index in [4.69, 9.17) is 16.3 Å².